The molecule has 9 heteroatoms. The van der Waals surface area contributed by atoms with E-state index < -0.39 is 5.97 Å². The Labute approximate surface area is 127 Å². The molecule has 2 aliphatic rings. The van der Waals surface area contributed by atoms with E-state index in [1.165, 1.54) is 31.0 Å². The van der Waals surface area contributed by atoms with Gasteiger partial charge in [-0.1, -0.05) is 0 Å². The zero-order valence-electron chi connectivity index (χ0n) is 12.3. The van der Waals surface area contributed by atoms with Crippen LogP contribution in [-0.2, 0) is 19.2 Å². The van der Waals surface area contributed by atoms with Gasteiger partial charge in [-0.15, -0.1) is 0 Å². The topological polar surface area (TPSA) is 133 Å². The van der Waals surface area contributed by atoms with Gasteiger partial charge in [0.15, 0.2) is 0 Å². The summed E-state index contributed by atoms with van der Waals surface area (Å²) in [6, 6.07) is 0. The number of nitrogens with one attached hydrogen (secondary N) is 1. The molecule has 9 nitrogen and oxygen atoms in total. The predicted octanol–water partition coefficient (Wildman–Crippen LogP) is -0.723. The number of carboxylic acid groups (broad SMARTS) is 1. The minimum absolute atomic E-state index is 0.0708. The van der Waals surface area contributed by atoms with Crippen LogP contribution in [0.15, 0.2) is 23.5 Å². The van der Waals surface area contributed by atoms with Crippen molar-refractivity contribution in [2.45, 2.75) is 26.7 Å². The van der Waals surface area contributed by atoms with E-state index in [-0.39, 0.29) is 42.6 Å². The molecule has 2 rings (SSSR count). The van der Waals surface area contributed by atoms with Crippen LogP contribution in [0.4, 0.5) is 0 Å². The molecule has 22 heavy (non-hydrogen) atoms. The first-order chi connectivity index (χ1) is 10.3. The second-order valence-corrected chi connectivity index (χ2v) is 4.76. The van der Waals surface area contributed by atoms with Crippen molar-refractivity contribution in [1.29, 1.82) is 0 Å². The number of hydrogen-bond donors (Lipinski definition) is 3. The normalized spacial score (nSPS) is 17.4. The molecule has 4 N–H and O–H groups in total. The van der Waals surface area contributed by atoms with Crippen LogP contribution in [0.2, 0.25) is 0 Å². The van der Waals surface area contributed by atoms with Gasteiger partial charge in [-0.3, -0.25) is 14.6 Å². The van der Waals surface area contributed by atoms with Crippen LogP contribution in [0.25, 0.3) is 0 Å². The first-order valence-corrected chi connectivity index (χ1v) is 6.49. The summed E-state index contributed by atoms with van der Waals surface area (Å²) >= 11 is 0. The number of hydrazine groups is 2. The van der Waals surface area contributed by atoms with Crippen molar-refractivity contribution in [2.75, 3.05) is 6.54 Å². The van der Waals surface area contributed by atoms with Gasteiger partial charge >= 0.3 is 5.97 Å². The van der Waals surface area contributed by atoms with Gasteiger partial charge in [0.25, 0.3) is 0 Å². The quantitative estimate of drug-likeness (QED) is 0.353. The van der Waals surface area contributed by atoms with Crippen LogP contribution in [0.1, 0.15) is 26.7 Å². The van der Waals surface area contributed by atoms with Crippen LogP contribution in [0.5, 0.6) is 0 Å². The van der Waals surface area contributed by atoms with Crippen molar-refractivity contribution in [2.24, 2.45) is 5.84 Å². The van der Waals surface area contributed by atoms with Crippen LogP contribution in [0.3, 0.4) is 0 Å². The smallest absolute Gasteiger partial charge is 0.333 e. The standard InChI is InChI=1S/C10H12N4O4.C3H6O/c11-12-7-2-1-6(10(17)18)5-13(7)14-8(15)3-4-9(14)16;1-3(2)4/h1-2,12H,3-5,11H2,(H,17,18);1-2H3. The first kappa shape index (κ1) is 17.4. The number of Topliss-reactive ketones (excluding diaryl/α,β-unsaturated/α-hetero) is 1. The fourth-order valence-corrected chi connectivity index (χ4v) is 1.84. The van der Waals surface area contributed by atoms with E-state index in [9.17, 15) is 19.2 Å². The van der Waals surface area contributed by atoms with Crippen LogP contribution < -0.4 is 11.3 Å². The number of hydrogen-bond acceptors (Lipinski definition) is 7. The molecule has 1 saturated heterocycles. The fraction of sp³-hybridized carbons (Fsp3) is 0.385. The fourth-order valence-electron chi connectivity index (χ4n) is 1.84. The van der Waals surface area contributed by atoms with Gasteiger partial charge in [0.1, 0.15) is 11.6 Å². The lowest BCUT2D eigenvalue weighted by atomic mass is 10.2. The average Bonchev–Trinajstić information content (AvgIpc) is 2.76. The molecule has 2 amide bonds. The number of nitrogens with two attached hydrogens (primary N) is 1. The Morgan fingerprint density at radius 1 is 1.18 bits per heavy atom. The molecule has 0 bridgehead atoms. The van der Waals surface area contributed by atoms with Gasteiger partial charge < -0.3 is 15.3 Å². The molecule has 120 valence electrons. The second kappa shape index (κ2) is 7.36. The SMILES string of the molecule is CC(C)=O.NNC1=CC=C(C(=O)O)CN1N1C(=O)CCC1=O. The molecule has 0 saturated carbocycles. The Hall–Kier alpha value is -2.68. The van der Waals surface area contributed by atoms with Crippen molar-refractivity contribution in [3.05, 3.63) is 23.5 Å². The molecule has 0 atom stereocenters. The van der Waals surface area contributed by atoms with Gasteiger partial charge in [-0.05, 0) is 26.0 Å². The van der Waals surface area contributed by atoms with E-state index in [0.717, 1.165) is 5.01 Å². The van der Waals surface area contributed by atoms with E-state index in [2.05, 4.69) is 5.43 Å². The molecule has 1 fully saturated rings. The molecule has 0 radical (unpaired) electrons. The van der Waals surface area contributed by atoms with E-state index in [0.29, 0.717) is 5.82 Å². The average molecular weight is 310 g/mol. The summed E-state index contributed by atoms with van der Waals surface area (Å²) in [6.45, 7) is 2.96. The van der Waals surface area contributed by atoms with E-state index >= 15 is 0 Å². The molecule has 2 aliphatic heterocycles. The van der Waals surface area contributed by atoms with Crippen LogP contribution in [-0.4, -0.2) is 45.2 Å². The van der Waals surface area contributed by atoms with Gasteiger partial charge in [0.2, 0.25) is 11.8 Å². The van der Waals surface area contributed by atoms with Crippen LogP contribution in [0, 0.1) is 0 Å². The highest BCUT2D eigenvalue weighted by atomic mass is 16.4. The molecular formula is C13H18N4O5. The highest BCUT2D eigenvalue weighted by molar-refractivity contribution is 6.01. The molecule has 2 heterocycles. The van der Waals surface area contributed by atoms with E-state index in [4.69, 9.17) is 10.9 Å². The van der Waals surface area contributed by atoms with Crippen molar-refractivity contribution < 1.29 is 24.3 Å². The summed E-state index contributed by atoms with van der Waals surface area (Å²) in [5.41, 5.74) is 2.41. The summed E-state index contributed by atoms with van der Waals surface area (Å²) < 4.78 is 0. The molecular weight excluding hydrogens is 292 g/mol. The first-order valence-electron chi connectivity index (χ1n) is 6.49. The van der Waals surface area contributed by atoms with E-state index in [1.54, 1.807) is 0 Å². The van der Waals surface area contributed by atoms with Gasteiger partial charge in [-0.2, -0.15) is 5.01 Å². The Bertz CT molecular complexity index is 547. The van der Waals surface area contributed by atoms with Gasteiger partial charge in [-0.25, -0.2) is 10.6 Å². The number of imide groups is 1. The lowest BCUT2D eigenvalue weighted by molar-refractivity contribution is -0.155. The molecule has 0 aromatic carbocycles. The number of allylic oxidation sites excluding steroid dienone is 2. The Morgan fingerprint density at radius 3 is 2.09 bits per heavy atom. The molecule has 0 aromatic rings. The molecule has 0 aromatic heterocycles. The third-order valence-electron chi connectivity index (χ3n) is 2.73. The third-order valence-corrected chi connectivity index (χ3v) is 2.73. The van der Waals surface area contributed by atoms with Gasteiger partial charge in [0, 0.05) is 12.8 Å². The maximum atomic E-state index is 11.6. The zero-order valence-corrected chi connectivity index (χ0v) is 12.3. The number of carbonyl (C=O) groups excluding carboxylic acids is 3. The minimum atomic E-state index is -1.11. The lowest BCUT2D eigenvalue weighted by Gasteiger charge is -2.34. The summed E-state index contributed by atoms with van der Waals surface area (Å²) in [7, 11) is 0. The number of amides is 2. The minimum Gasteiger partial charge on any atom is -0.478 e. The van der Waals surface area contributed by atoms with Gasteiger partial charge in [0.05, 0.1) is 12.1 Å². The maximum Gasteiger partial charge on any atom is 0.333 e. The maximum absolute atomic E-state index is 11.6. The predicted molar refractivity (Wildman–Crippen MR) is 75.3 cm³/mol. The Morgan fingerprint density at radius 2 is 1.68 bits per heavy atom. The monoisotopic (exact) mass is 310 g/mol. The Kier molecular flexibility index (Phi) is 5.81. The number of carbonyl (C=O) groups is 4. The number of carboxylic acids is 1. The third kappa shape index (κ3) is 4.16. The summed E-state index contributed by atoms with van der Waals surface area (Å²) in [4.78, 5) is 43.6. The molecule has 0 unspecified atom stereocenters. The Balaban J connectivity index is 0.000000541. The van der Waals surface area contributed by atoms with Crippen LogP contribution >= 0.6 is 0 Å². The highest BCUT2D eigenvalue weighted by Gasteiger charge is 2.36. The summed E-state index contributed by atoms with van der Waals surface area (Å²) in [6.07, 6.45) is 3.03. The number of aliphatic carboxylic acids is 1. The second-order valence-electron chi connectivity index (χ2n) is 4.76. The van der Waals surface area contributed by atoms with Crippen molar-refractivity contribution in [1.82, 2.24) is 15.4 Å². The van der Waals surface area contributed by atoms with Crippen molar-refractivity contribution in [3.63, 3.8) is 0 Å². The largest absolute Gasteiger partial charge is 0.478 e. The molecule has 0 spiro atoms. The number of ketones is 1. The van der Waals surface area contributed by atoms with Crippen molar-refractivity contribution >= 4 is 23.6 Å². The van der Waals surface area contributed by atoms with Crippen molar-refractivity contribution in [3.8, 4) is 0 Å². The lowest BCUT2D eigenvalue weighted by Crippen LogP contribution is -2.51. The number of nitrogens with zero attached hydrogens (tertiary/aromatic N) is 2. The summed E-state index contributed by atoms with van der Waals surface area (Å²) in [5, 5.41) is 11.1. The zero-order chi connectivity index (χ0) is 16.9. The highest BCUT2D eigenvalue weighted by Crippen LogP contribution is 2.21. The summed E-state index contributed by atoms with van der Waals surface area (Å²) in [5.74, 6) is 3.91. The molecule has 0 aliphatic carbocycles. The van der Waals surface area contributed by atoms with E-state index in [1.807, 2.05) is 0 Å². The number of rotatable bonds is 3.